The molecule has 1 amide bonds. The number of halogens is 3. The molecule has 0 aromatic heterocycles. The molecule has 0 saturated heterocycles. The number of ether oxygens (including phenoxy) is 1. The van der Waals surface area contributed by atoms with E-state index in [1.165, 1.54) is 18.2 Å². The molecule has 0 saturated carbocycles. The van der Waals surface area contributed by atoms with Crippen molar-refractivity contribution in [3.05, 3.63) is 82.1 Å². The third-order valence-electron chi connectivity index (χ3n) is 4.17. The van der Waals surface area contributed by atoms with Gasteiger partial charge in [-0.3, -0.25) is 4.79 Å². The fourth-order valence-electron chi connectivity index (χ4n) is 2.83. The molecule has 0 spiro atoms. The maximum Gasteiger partial charge on any atom is 0.255 e. The zero-order valence-corrected chi connectivity index (χ0v) is 17.8. The van der Waals surface area contributed by atoms with E-state index < -0.39 is 33.9 Å². The Bertz CT molecular complexity index is 1200. The highest BCUT2D eigenvalue weighted by molar-refractivity contribution is 7.90. The Morgan fingerprint density at radius 1 is 1.00 bits per heavy atom. The van der Waals surface area contributed by atoms with Gasteiger partial charge in [0, 0.05) is 10.6 Å². The molecule has 3 aromatic rings. The molecule has 0 aliphatic carbocycles. The molecule has 0 atom stereocenters. The number of hydrogen-bond acceptors (Lipinski definition) is 4. The first-order valence-corrected chi connectivity index (χ1v) is 11.0. The maximum absolute atomic E-state index is 14.4. The van der Waals surface area contributed by atoms with E-state index in [0.717, 1.165) is 11.6 Å². The van der Waals surface area contributed by atoms with Gasteiger partial charge >= 0.3 is 0 Å². The molecule has 0 radical (unpaired) electrons. The van der Waals surface area contributed by atoms with Crippen molar-refractivity contribution < 1.29 is 22.3 Å². The molecule has 2 N–H and O–H groups in total. The average molecular weight is 468 g/mol. The predicted molar refractivity (Wildman–Crippen MR) is 114 cm³/mol. The van der Waals surface area contributed by atoms with E-state index in [4.69, 9.17) is 33.7 Å². The first-order chi connectivity index (χ1) is 14.2. The van der Waals surface area contributed by atoms with Gasteiger partial charge in [0.2, 0.25) is 0 Å². The summed E-state index contributed by atoms with van der Waals surface area (Å²) in [6.45, 7) is -0.582. The van der Waals surface area contributed by atoms with Crippen LogP contribution in [0.25, 0.3) is 11.1 Å². The van der Waals surface area contributed by atoms with Gasteiger partial charge in [-0.25, -0.2) is 12.8 Å². The van der Waals surface area contributed by atoms with Gasteiger partial charge in [0.25, 0.3) is 5.91 Å². The Morgan fingerprint density at radius 2 is 1.70 bits per heavy atom. The van der Waals surface area contributed by atoms with Crippen LogP contribution >= 0.6 is 23.2 Å². The van der Waals surface area contributed by atoms with Crippen LogP contribution in [0.3, 0.4) is 0 Å². The first kappa shape index (κ1) is 22.1. The van der Waals surface area contributed by atoms with Gasteiger partial charge < -0.3 is 10.5 Å². The van der Waals surface area contributed by atoms with Crippen LogP contribution < -0.4 is 10.5 Å². The van der Waals surface area contributed by atoms with Crippen LogP contribution in [0.5, 0.6) is 5.75 Å². The normalized spacial score (nSPS) is 11.3. The molecule has 0 bridgehead atoms. The van der Waals surface area contributed by atoms with Gasteiger partial charge in [0.1, 0.15) is 10.7 Å². The van der Waals surface area contributed by atoms with Crippen LogP contribution in [-0.2, 0) is 20.4 Å². The van der Waals surface area contributed by atoms with Crippen LogP contribution in [0.1, 0.15) is 5.56 Å². The molecule has 0 aliphatic rings. The standard InChI is InChI=1S/C21H16Cl2FNO4S/c22-16-9-17(23)21(29-11-20(25)26)19(10-16)30(27,28)12-15-8-14(6-7-18(15)24)13-4-2-1-3-5-13/h1-10H,11-12H2,(H2,25,26). The van der Waals surface area contributed by atoms with Crippen molar-refractivity contribution >= 4 is 38.9 Å². The maximum atomic E-state index is 14.4. The lowest BCUT2D eigenvalue weighted by molar-refractivity contribution is -0.120. The van der Waals surface area contributed by atoms with Crippen molar-refractivity contribution in [1.82, 2.24) is 0 Å². The Balaban J connectivity index is 2.02. The average Bonchev–Trinajstić information content (AvgIpc) is 2.69. The molecular formula is C21H16Cl2FNO4S. The molecule has 0 aliphatic heterocycles. The topological polar surface area (TPSA) is 86.5 Å². The largest absolute Gasteiger partial charge is 0.481 e. The number of primary amides is 1. The van der Waals surface area contributed by atoms with Crippen molar-refractivity contribution in [1.29, 1.82) is 0 Å². The summed E-state index contributed by atoms with van der Waals surface area (Å²) in [5, 5.41) is -0.0654. The van der Waals surface area contributed by atoms with Crippen LogP contribution in [0.15, 0.2) is 65.6 Å². The number of amides is 1. The summed E-state index contributed by atoms with van der Waals surface area (Å²) < 4.78 is 45.8. The summed E-state index contributed by atoms with van der Waals surface area (Å²) in [6.07, 6.45) is 0. The van der Waals surface area contributed by atoms with Gasteiger partial charge in [-0.1, -0.05) is 59.6 Å². The molecule has 0 unspecified atom stereocenters. The highest BCUT2D eigenvalue weighted by atomic mass is 35.5. The van der Waals surface area contributed by atoms with Crippen molar-refractivity contribution in [3.63, 3.8) is 0 Å². The summed E-state index contributed by atoms with van der Waals surface area (Å²) in [5.74, 6) is -2.42. The highest BCUT2D eigenvalue weighted by Gasteiger charge is 2.25. The lowest BCUT2D eigenvalue weighted by Gasteiger charge is -2.14. The summed E-state index contributed by atoms with van der Waals surface area (Å²) >= 11 is 12.0. The minimum Gasteiger partial charge on any atom is -0.481 e. The van der Waals surface area contributed by atoms with Crippen molar-refractivity contribution in [2.75, 3.05) is 6.61 Å². The van der Waals surface area contributed by atoms with Gasteiger partial charge in [-0.05, 0) is 35.4 Å². The lowest BCUT2D eigenvalue weighted by atomic mass is 10.0. The van der Waals surface area contributed by atoms with Gasteiger partial charge in [-0.15, -0.1) is 0 Å². The van der Waals surface area contributed by atoms with E-state index in [9.17, 15) is 17.6 Å². The van der Waals surface area contributed by atoms with E-state index in [2.05, 4.69) is 0 Å². The van der Waals surface area contributed by atoms with E-state index in [1.54, 1.807) is 6.07 Å². The summed E-state index contributed by atoms with van der Waals surface area (Å²) in [5.41, 5.74) is 6.50. The van der Waals surface area contributed by atoms with Crippen molar-refractivity contribution in [2.24, 2.45) is 5.73 Å². The molecular weight excluding hydrogens is 452 g/mol. The number of hydrogen-bond donors (Lipinski definition) is 1. The first-order valence-electron chi connectivity index (χ1n) is 8.64. The van der Waals surface area contributed by atoms with Gasteiger partial charge in [-0.2, -0.15) is 0 Å². The third kappa shape index (κ3) is 5.11. The van der Waals surface area contributed by atoms with E-state index in [1.807, 2.05) is 30.3 Å². The molecule has 0 heterocycles. The predicted octanol–water partition coefficient (Wildman–Crippen LogP) is 4.64. The number of sulfone groups is 1. The highest BCUT2D eigenvalue weighted by Crippen LogP contribution is 2.37. The molecule has 0 fully saturated rings. The lowest BCUT2D eigenvalue weighted by Crippen LogP contribution is -2.21. The smallest absolute Gasteiger partial charge is 0.255 e. The summed E-state index contributed by atoms with van der Waals surface area (Å²) in [4.78, 5) is 10.7. The molecule has 9 heteroatoms. The van der Waals surface area contributed by atoms with E-state index in [0.29, 0.717) is 5.56 Å². The Hall–Kier alpha value is -2.61. The second-order valence-corrected chi connectivity index (χ2v) is 9.20. The van der Waals surface area contributed by atoms with E-state index in [-0.39, 0.29) is 26.3 Å². The van der Waals surface area contributed by atoms with Gasteiger partial charge in [0.05, 0.1) is 10.8 Å². The molecule has 3 aromatic carbocycles. The number of benzene rings is 3. The fourth-order valence-corrected chi connectivity index (χ4v) is 5.04. The molecule has 30 heavy (non-hydrogen) atoms. The van der Waals surface area contributed by atoms with Gasteiger partial charge in [0.15, 0.2) is 22.2 Å². The van der Waals surface area contributed by atoms with Crippen LogP contribution in [0, 0.1) is 5.82 Å². The molecule has 156 valence electrons. The van der Waals surface area contributed by atoms with Crippen LogP contribution in [0.4, 0.5) is 4.39 Å². The molecule has 3 rings (SSSR count). The zero-order chi connectivity index (χ0) is 21.9. The Morgan fingerprint density at radius 3 is 2.37 bits per heavy atom. The quantitative estimate of drug-likeness (QED) is 0.548. The third-order valence-corrected chi connectivity index (χ3v) is 6.33. The minimum absolute atomic E-state index is 0.0340. The number of carbonyl (C=O) groups is 1. The number of carbonyl (C=O) groups excluding carboxylic acids is 1. The Kier molecular flexibility index (Phi) is 6.65. The molecule has 5 nitrogen and oxygen atoms in total. The van der Waals surface area contributed by atoms with Crippen LogP contribution in [-0.4, -0.2) is 20.9 Å². The second kappa shape index (κ2) is 9.04. The van der Waals surface area contributed by atoms with Crippen LogP contribution in [0.2, 0.25) is 10.0 Å². The monoisotopic (exact) mass is 467 g/mol. The van der Waals surface area contributed by atoms with Crippen molar-refractivity contribution in [3.8, 4) is 16.9 Å². The summed E-state index contributed by atoms with van der Waals surface area (Å²) in [7, 11) is -4.14. The minimum atomic E-state index is -4.14. The second-order valence-electron chi connectivity index (χ2n) is 6.40. The summed E-state index contributed by atoms with van der Waals surface area (Å²) in [6, 6.07) is 15.8. The Labute approximate surface area is 183 Å². The zero-order valence-electron chi connectivity index (χ0n) is 15.4. The number of rotatable bonds is 7. The fraction of sp³-hybridized carbons (Fsp3) is 0.0952. The SMILES string of the molecule is NC(=O)COc1c(Cl)cc(Cl)cc1S(=O)(=O)Cc1cc(-c2ccccc2)ccc1F. The van der Waals surface area contributed by atoms with Crippen molar-refractivity contribution in [2.45, 2.75) is 10.6 Å². The van der Waals surface area contributed by atoms with E-state index >= 15 is 0 Å². The number of nitrogens with two attached hydrogens (primary N) is 1.